The summed E-state index contributed by atoms with van der Waals surface area (Å²) in [7, 11) is -2.66. The van der Waals surface area contributed by atoms with Gasteiger partial charge in [0.05, 0.1) is 24.2 Å². The molecule has 0 amide bonds. The van der Waals surface area contributed by atoms with Crippen LogP contribution in [-0.4, -0.2) is 32.1 Å². The highest BCUT2D eigenvalue weighted by atomic mass is 32.2. The predicted molar refractivity (Wildman–Crippen MR) is 109 cm³/mol. The average Bonchev–Trinajstić information content (AvgIpc) is 2.77. The summed E-state index contributed by atoms with van der Waals surface area (Å²) in [6.07, 6.45) is -1.18. The van der Waals surface area contributed by atoms with E-state index in [4.69, 9.17) is 9.47 Å². The second-order valence-electron chi connectivity index (χ2n) is 7.02. The molecule has 1 aliphatic rings. The molecule has 0 radical (unpaired) electrons. The number of nitrogens with one attached hydrogen (secondary N) is 1. The lowest BCUT2D eigenvalue weighted by Gasteiger charge is -2.28. The molecule has 168 valence electrons. The third-order valence-corrected chi connectivity index (χ3v) is 6.39. The third kappa shape index (κ3) is 4.33. The number of hydrogen-bond donors (Lipinski definition) is 1. The summed E-state index contributed by atoms with van der Waals surface area (Å²) in [5.74, 6) is 0.0500. The van der Waals surface area contributed by atoms with Crippen molar-refractivity contribution < 1.29 is 31.1 Å². The summed E-state index contributed by atoms with van der Waals surface area (Å²) in [4.78, 5) is 7.64. The molecule has 0 aliphatic carbocycles. The Hall–Kier alpha value is -3.34. The van der Waals surface area contributed by atoms with Crippen LogP contribution in [0.3, 0.4) is 0 Å². The zero-order chi connectivity index (χ0) is 22.9. The van der Waals surface area contributed by atoms with Crippen molar-refractivity contribution in [1.82, 2.24) is 9.97 Å². The molecule has 3 aromatic rings. The Bertz CT molecular complexity index is 1230. The highest BCUT2D eigenvalue weighted by Crippen LogP contribution is 2.44. The molecule has 11 heteroatoms. The van der Waals surface area contributed by atoms with Gasteiger partial charge < -0.3 is 9.47 Å². The van der Waals surface area contributed by atoms with Crippen molar-refractivity contribution in [1.29, 1.82) is 0 Å². The number of fused-ring (bicyclic) bond motifs is 1. The summed E-state index contributed by atoms with van der Waals surface area (Å²) in [6, 6.07) is 9.30. The number of anilines is 1. The first-order valence-electron chi connectivity index (χ1n) is 9.51. The van der Waals surface area contributed by atoms with Gasteiger partial charge in [-0.15, -0.1) is 0 Å². The van der Waals surface area contributed by atoms with Crippen molar-refractivity contribution in [2.45, 2.75) is 23.4 Å². The Labute approximate surface area is 182 Å². The van der Waals surface area contributed by atoms with Crippen molar-refractivity contribution in [3.05, 3.63) is 71.5 Å². The molecule has 32 heavy (non-hydrogen) atoms. The van der Waals surface area contributed by atoms with E-state index in [9.17, 15) is 21.6 Å². The molecule has 1 atom stereocenters. The molecule has 0 fully saturated rings. The first-order chi connectivity index (χ1) is 15.2. The smallest absolute Gasteiger partial charge is 0.416 e. The van der Waals surface area contributed by atoms with Crippen LogP contribution in [0.2, 0.25) is 0 Å². The molecular weight excluding hydrogens is 447 g/mol. The molecule has 0 spiro atoms. The topological polar surface area (TPSA) is 90.4 Å². The van der Waals surface area contributed by atoms with Crippen LogP contribution in [0.15, 0.2) is 59.8 Å². The minimum atomic E-state index is -4.49. The van der Waals surface area contributed by atoms with Gasteiger partial charge in [0.1, 0.15) is 11.5 Å². The van der Waals surface area contributed by atoms with Gasteiger partial charge >= 0.3 is 6.18 Å². The minimum absolute atomic E-state index is 0.0521. The van der Waals surface area contributed by atoms with Gasteiger partial charge in [0.25, 0.3) is 10.0 Å². The van der Waals surface area contributed by atoms with E-state index in [0.29, 0.717) is 23.3 Å². The number of nitrogens with zero attached hydrogens (tertiary/aromatic N) is 2. The van der Waals surface area contributed by atoms with Crippen LogP contribution >= 0.6 is 0 Å². The lowest BCUT2D eigenvalue weighted by Crippen LogP contribution is -2.19. The maximum Gasteiger partial charge on any atom is 0.416 e. The number of halogens is 3. The number of rotatable bonds is 5. The van der Waals surface area contributed by atoms with Gasteiger partial charge in [-0.3, -0.25) is 0 Å². The van der Waals surface area contributed by atoms with Crippen LogP contribution in [0.5, 0.6) is 11.5 Å². The predicted octanol–water partition coefficient (Wildman–Crippen LogP) is 4.22. The van der Waals surface area contributed by atoms with Crippen molar-refractivity contribution in [3.63, 3.8) is 0 Å². The van der Waals surface area contributed by atoms with Gasteiger partial charge in [-0.05, 0) is 30.7 Å². The van der Waals surface area contributed by atoms with Crippen LogP contribution < -0.4 is 14.2 Å². The van der Waals surface area contributed by atoms with E-state index in [1.54, 1.807) is 12.1 Å². The minimum Gasteiger partial charge on any atom is -0.496 e. The summed E-state index contributed by atoms with van der Waals surface area (Å²) in [5, 5.41) is 0. The summed E-state index contributed by atoms with van der Waals surface area (Å²) in [6.45, 7) is 0.264. The Morgan fingerprint density at radius 3 is 2.50 bits per heavy atom. The first kappa shape index (κ1) is 21.9. The van der Waals surface area contributed by atoms with Gasteiger partial charge in [-0.25, -0.2) is 23.1 Å². The fourth-order valence-corrected chi connectivity index (χ4v) is 4.54. The van der Waals surface area contributed by atoms with Crippen molar-refractivity contribution >= 4 is 16.0 Å². The number of hydrogen-bond acceptors (Lipinski definition) is 6. The highest BCUT2D eigenvalue weighted by Gasteiger charge is 2.33. The maximum atomic E-state index is 13.1. The van der Waals surface area contributed by atoms with E-state index in [2.05, 4.69) is 14.7 Å². The second-order valence-corrected chi connectivity index (χ2v) is 8.70. The Morgan fingerprint density at radius 1 is 1.09 bits per heavy atom. The molecule has 1 N–H and O–H groups in total. The summed E-state index contributed by atoms with van der Waals surface area (Å²) >= 11 is 0. The standard InChI is InChI=1S/C21H18F3N3O4S/c1-30-18-11-13(21(22,23)24)3-5-16(18)15-7-10-31-19-12-14(4-6-17(15)19)32(28,29)27-20-25-8-2-9-26-20/h2-6,8-9,11-12,15H,7,10H2,1H3,(H,25,26,27). The first-order valence-corrected chi connectivity index (χ1v) is 11.0. The second kappa shape index (κ2) is 8.30. The SMILES string of the molecule is COc1cc(C(F)(F)F)ccc1C1CCOc2cc(S(=O)(=O)Nc3ncccn3)ccc21. The van der Waals surface area contributed by atoms with Gasteiger partial charge in [0, 0.05) is 35.5 Å². The van der Waals surface area contributed by atoms with Crippen molar-refractivity contribution in [3.8, 4) is 11.5 Å². The van der Waals surface area contributed by atoms with Crippen LogP contribution in [0, 0.1) is 0 Å². The van der Waals surface area contributed by atoms with Crippen molar-refractivity contribution in [2.75, 3.05) is 18.4 Å². The fraction of sp³-hybridized carbons (Fsp3) is 0.238. The molecule has 1 aromatic heterocycles. The Morgan fingerprint density at radius 2 is 1.81 bits per heavy atom. The molecule has 0 saturated carbocycles. The van der Waals surface area contributed by atoms with E-state index < -0.39 is 21.8 Å². The molecule has 2 heterocycles. The number of benzene rings is 2. The molecule has 0 saturated heterocycles. The molecule has 1 aliphatic heterocycles. The number of ether oxygens (including phenoxy) is 2. The summed E-state index contributed by atoms with van der Waals surface area (Å²) < 4.78 is 77.8. The molecule has 4 rings (SSSR count). The molecule has 7 nitrogen and oxygen atoms in total. The van der Waals surface area contributed by atoms with Crippen molar-refractivity contribution in [2.24, 2.45) is 0 Å². The third-order valence-electron chi connectivity index (χ3n) is 5.06. The van der Waals surface area contributed by atoms with E-state index in [1.165, 1.54) is 37.7 Å². The molecular formula is C21H18F3N3O4S. The number of alkyl halides is 3. The highest BCUT2D eigenvalue weighted by molar-refractivity contribution is 7.92. The molecule has 1 unspecified atom stereocenters. The lowest BCUT2D eigenvalue weighted by molar-refractivity contribution is -0.137. The normalized spacial score (nSPS) is 16.1. The zero-order valence-electron chi connectivity index (χ0n) is 16.8. The molecule has 2 aromatic carbocycles. The van der Waals surface area contributed by atoms with E-state index >= 15 is 0 Å². The van der Waals surface area contributed by atoms with Crippen LogP contribution in [-0.2, 0) is 16.2 Å². The number of aromatic nitrogens is 2. The van der Waals surface area contributed by atoms with E-state index in [-0.39, 0.29) is 29.1 Å². The largest absolute Gasteiger partial charge is 0.496 e. The van der Waals surface area contributed by atoms with E-state index in [1.807, 2.05) is 0 Å². The van der Waals surface area contributed by atoms with Gasteiger partial charge in [0.15, 0.2) is 0 Å². The lowest BCUT2D eigenvalue weighted by atomic mass is 9.85. The average molecular weight is 465 g/mol. The zero-order valence-corrected chi connectivity index (χ0v) is 17.6. The molecule has 0 bridgehead atoms. The maximum absolute atomic E-state index is 13.1. The fourth-order valence-electron chi connectivity index (χ4n) is 3.57. The quantitative estimate of drug-likeness (QED) is 0.607. The van der Waals surface area contributed by atoms with Gasteiger partial charge in [-0.2, -0.15) is 13.2 Å². The Balaban J connectivity index is 1.69. The number of sulfonamides is 1. The van der Waals surface area contributed by atoms with E-state index in [0.717, 1.165) is 12.1 Å². The number of methoxy groups -OCH3 is 1. The van der Waals surface area contributed by atoms with Gasteiger partial charge in [-0.1, -0.05) is 12.1 Å². The Kier molecular flexibility index (Phi) is 5.68. The van der Waals surface area contributed by atoms with Crippen LogP contribution in [0.1, 0.15) is 29.0 Å². The summed E-state index contributed by atoms with van der Waals surface area (Å²) in [5.41, 5.74) is 0.418. The monoisotopic (exact) mass is 465 g/mol. The van der Waals surface area contributed by atoms with Gasteiger partial charge in [0.2, 0.25) is 5.95 Å². The van der Waals surface area contributed by atoms with Crippen LogP contribution in [0.25, 0.3) is 0 Å². The van der Waals surface area contributed by atoms with Crippen LogP contribution in [0.4, 0.5) is 19.1 Å².